The SMILES string of the molecule is COc1cc2c(cc1OC)[C@@H](c1cccs1)N(CC(=O)Nc1ccc(F)cc1)CC2. The molecule has 1 aliphatic heterocycles. The molecule has 2 heterocycles. The average Bonchev–Trinajstić information content (AvgIpc) is 3.28. The molecule has 5 nitrogen and oxygen atoms in total. The number of hydrogen-bond acceptors (Lipinski definition) is 5. The number of benzene rings is 2. The van der Waals surface area contributed by atoms with E-state index in [2.05, 4.69) is 16.3 Å². The summed E-state index contributed by atoms with van der Waals surface area (Å²) in [5, 5.41) is 4.90. The van der Waals surface area contributed by atoms with Crippen molar-refractivity contribution in [3.63, 3.8) is 0 Å². The van der Waals surface area contributed by atoms with Gasteiger partial charge in [-0.05, 0) is 65.4 Å². The predicted octanol–water partition coefficient (Wildman–Crippen LogP) is 4.49. The molecular weight excluding hydrogens is 403 g/mol. The second kappa shape index (κ2) is 8.85. The molecule has 0 saturated carbocycles. The van der Waals surface area contributed by atoms with Crippen LogP contribution >= 0.6 is 11.3 Å². The smallest absolute Gasteiger partial charge is 0.238 e. The van der Waals surface area contributed by atoms with Crippen molar-refractivity contribution in [3.05, 3.63) is 75.7 Å². The third-order valence-electron chi connectivity index (χ3n) is 5.26. The van der Waals surface area contributed by atoms with Crippen molar-refractivity contribution in [1.29, 1.82) is 0 Å². The van der Waals surface area contributed by atoms with Crippen LogP contribution in [0, 0.1) is 5.82 Å². The Hall–Kier alpha value is -2.90. The molecule has 4 rings (SSSR count). The lowest BCUT2D eigenvalue weighted by atomic mass is 9.91. The first-order valence-corrected chi connectivity index (χ1v) is 10.5. The minimum atomic E-state index is -0.331. The number of rotatable bonds is 6. The molecule has 1 N–H and O–H groups in total. The van der Waals surface area contributed by atoms with E-state index in [0.29, 0.717) is 17.2 Å². The number of carbonyl (C=O) groups excluding carboxylic acids is 1. The number of carbonyl (C=O) groups is 1. The Kier molecular flexibility index (Phi) is 6.01. The number of nitrogens with one attached hydrogen (secondary N) is 1. The Labute approximate surface area is 179 Å². The molecule has 0 aliphatic carbocycles. The van der Waals surface area contributed by atoms with Crippen molar-refractivity contribution >= 4 is 22.9 Å². The van der Waals surface area contributed by atoms with Crippen LogP contribution in [0.2, 0.25) is 0 Å². The quantitative estimate of drug-likeness (QED) is 0.631. The minimum absolute atomic E-state index is 0.0486. The summed E-state index contributed by atoms with van der Waals surface area (Å²) in [5.74, 6) is 0.925. The molecule has 1 aromatic heterocycles. The van der Waals surface area contributed by atoms with Gasteiger partial charge in [0.05, 0.1) is 26.8 Å². The standard InChI is InChI=1S/C23H23FN2O3S/c1-28-19-12-15-9-10-26(14-22(27)25-17-7-5-16(24)6-8-17)23(21-4-3-11-30-21)18(15)13-20(19)29-2/h3-8,11-13,23H,9-10,14H2,1-2H3,(H,25,27)/t23-/m0/s1. The summed E-state index contributed by atoms with van der Waals surface area (Å²) in [5.41, 5.74) is 2.90. The van der Waals surface area contributed by atoms with Crippen LogP contribution < -0.4 is 14.8 Å². The first-order valence-electron chi connectivity index (χ1n) is 9.66. The number of anilines is 1. The van der Waals surface area contributed by atoms with Crippen molar-refractivity contribution in [1.82, 2.24) is 4.90 Å². The molecule has 7 heteroatoms. The Bertz CT molecular complexity index is 1020. The number of ether oxygens (including phenoxy) is 2. The van der Waals surface area contributed by atoms with E-state index in [1.54, 1.807) is 37.7 Å². The largest absolute Gasteiger partial charge is 0.493 e. The van der Waals surface area contributed by atoms with Gasteiger partial charge in [0.15, 0.2) is 11.5 Å². The molecule has 1 atom stereocenters. The normalized spacial score (nSPS) is 16.0. The molecule has 156 valence electrons. The Balaban J connectivity index is 1.62. The van der Waals surface area contributed by atoms with E-state index in [4.69, 9.17) is 9.47 Å². The summed E-state index contributed by atoms with van der Waals surface area (Å²) in [4.78, 5) is 16.1. The number of thiophene rings is 1. The Morgan fingerprint density at radius 3 is 2.57 bits per heavy atom. The zero-order chi connectivity index (χ0) is 21.1. The van der Waals surface area contributed by atoms with E-state index in [1.165, 1.54) is 17.7 Å². The third kappa shape index (κ3) is 4.17. The number of methoxy groups -OCH3 is 2. The molecule has 1 amide bonds. The van der Waals surface area contributed by atoms with Gasteiger partial charge in [0.1, 0.15) is 5.82 Å². The highest BCUT2D eigenvalue weighted by Gasteiger charge is 2.32. The van der Waals surface area contributed by atoms with E-state index in [1.807, 2.05) is 23.6 Å². The number of fused-ring (bicyclic) bond motifs is 1. The molecule has 0 bridgehead atoms. The van der Waals surface area contributed by atoms with Crippen LogP contribution in [0.25, 0.3) is 0 Å². The van der Waals surface area contributed by atoms with Crippen molar-refractivity contribution < 1.29 is 18.7 Å². The molecule has 0 spiro atoms. The number of halogens is 1. The monoisotopic (exact) mass is 426 g/mol. The fourth-order valence-corrected chi connectivity index (χ4v) is 4.74. The molecule has 0 fully saturated rings. The molecule has 0 saturated heterocycles. The van der Waals surface area contributed by atoms with E-state index in [0.717, 1.165) is 23.4 Å². The maximum Gasteiger partial charge on any atom is 0.238 e. The van der Waals surface area contributed by atoms with Gasteiger partial charge in [-0.3, -0.25) is 9.69 Å². The Morgan fingerprint density at radius 1 is 1.17 bits per heavy atom. The maximum atomic E-state index is 13.1. The molecule has 2 aromatic carbocycles. The molecule has 0 radical (unpaired) electrons. The summed E-state index contributed by atoms with van der Waals surface area (Å²) in [6.45, 7) is 0.968. The zero-order valence-electron chi connectivity index (χ0n) is 16.9. The maximum absolute atomic E-state index is 13.1. The summed E-state index contributed by atoms with van der Waals surface area (Å²) < 4.78 is 24.1. The van der Waals surface area contributed by atoms with Gasteiger partial charge >= 0.3 is 0 Å². The van der Waals surface area contributed by atoms with Gasteiger partial charge in [-0.15, -0.1) is 11.3 Å². The lowest BCUT2D eigenvalue weighted by Gasteiger charge is -2.37. The average molecular weight is 427 g/mol. The fourth-order valence-electron chi connectivity index (χ4n) is 3.87. The van der Waals surface area contributed by atoms with Gasteiger partial charge in [-0.25, -0.2) is 4.39 Å². The summed E-state index contributed by atoms with van der Waals surface area (Å²) >= 11 is 1.67. The summed E-state index contributed by atoms with van der Waals surface area (Å²) in [6, 6.07) is 13.9. The minimum Gasteiger partial charge on any atom is -0.493 e. The van der Waals surface area contributed by atoms with Crippen LogP contribution in [0.5, 0.6) is 11.5 Å². The van der Waals surface area contributed by atoms with Crippen molar-refractivity contribution in [2.75, 3.05) is 32.6 Å². The van der Waals surface area contributed by atoms with E-state index in [9.17, 15) is 9.18 Å². The van der Waals surface area contributed by atoms with E-state index >= 15 is 0 Å². The van der Waals surface area contributed by atoms with Gasteiger partial charge < -0.3 is 14.8 Å². The first-order chi connectivity index (χ1) is 14.6. The third-order valence-corrected chi connectivity index (χ3v) is 6.19. The van der Waals surface area contributed by atoms with Crippen molar-refractivity contribution in [3.8, 4) is 11.5 Å². The molecule has 30 heavy (non-hydrogen) atoms. The van der Waals surface area contributed by atoms with Crippen LogP contribution in [-0.2, 0) is 11.2 Å². The van der Waals surface area contributed by atoms with Gasteiger partial charge in [-0.2, -0.15) is 0 Å². The highest BCUT2D eigenvalue weighted by molar-refractivity contribution is 7.10. The molecule has 1 aliphatic rings. The second-order valence-electron chi connectivity index (χ2n) is 7.10. The van der Waals surface area contributed by atoms with Gasteiger partial charge in [0.25, 0.3) is 0 Å². The van der Waals surface area contributed by atoms with Gasteiger partial charge in [0, 0.05) is 17.1 Å². The number of nitrogens with zero attached hydrogens (tertiary/aromatic N) is 1. The van der Waals surface area contributed by atoms with Crippen LogP contribution in [0.3, 0.4) is 0 Å². The fraction of sp³-hybridized carbons (Fsp3) is 0.261. The topological polar surface area (TPSA) is 50.8 Å². The van der Waals surface area contributed by atoms with Gasteiger partial charge in [-0.1, -0.05) is 6.07 Å². The lowest BCUT2D eigenvalue weighted by molar-refractivity contribution is -0.117. The van der Waals surface area contributed by atoms with Crippen LogP contribution in [0.15, 0.2) is 53.9 Å². The lowest BCUT2D eigenvalue weighted by Crippen LogP contribution is -2.40. The Morgan fingerprint density at radius 2 is 1.90 bits per heavy atom. The zero-order valence-corrected chi connectivity index (χ0v) is 17.7. The molecule has 3 aromatic rings. The molecular formula is C23H23FN2O3S. The highest BCUT2D eigenvalue weighted by atomic mass is 32.1. The summed E-state index contributed by atoms with van der Waals surface area (Å²) in [7, 11) is 3.26. The summed E-state index contributed by atoms with van der Waals surface area (Å²) in [6.07, 6.45) is 0.807. The second-order valence-corrected chi connectivity index (χ2v) is 8.08. The van der Waals surface area contributed by atoms with Gasteiger partial charge in [0.2, 0.25) is 5.91 Å². The predicted molar refractivity (Wildman–Crippen MR) is 116 cm³/mol. The first kappa shape index (κ1) is 20.4. The van der Waals surface area contributed by atoms with Crippen LogP contribution in [-0.4, -0.2) is 38.1 Å². The van der Waals surface area contributed by atoms with Crippen molar-refractivity contribution in [2.45, 2.75) is 12.5 Å². The van der Waals surface area contributed by atoms with Crippen LogP contribution in [0.4, 0.5) is 10.1 Å². The van der Waals surface area contributed by atoms with E-state index in [-0.39, 0.29) is 24.3 Å². The van der Waals surface area contributed by atoms with Crippen molar-refractivity contribution in [2.24, 2.45) is 0 Å². The number of amides is 1. The molecule has 0 unspecified atom stereocenters. The highest BCUT2D eigenvalue weighted by Crippen LogP contribution is 2.42. The number of hydrogen-bond donors (Lipinski definition) is 1. The van der Waals surface area contributed by atoms with Crippen LogP contribution in [0.1, 0.15) is 22.0 Å². The van der Waals surface area contributed by atoms with E-state index < -0.39 is 0 Å².